The maximum atomic E-state index is 13.2. The van der Waals surface area contributed by atoms with Crippen molar-refractivity contribution in [1.82, 2.24) is 9.80 Å². The van der Waals surface area contributed by atoms with Crippen LogP contribution < -0.4 is 0 Å². The minimum absolute atomic E-state index is 0.212. The molecule has 6 nitrogen and oxygen atoms in total. The van der Waals surface area contributed by atoms with Crippen molar-refractivity contribution >= 4 is 17.4 Å². The number of imide groups is 1. The molecular formula is C21H30N2O4. The Morgan fingerprint density at radius 3 is 2.04 bits per heavy atom. The Hall–Kier alpha value is -2.18. The number of carbonyl (C=O) groups is 2. The average molecular weight is 374 g/mol. The van der Waals surface area contributed by atoms with Crippen molar-refractivity contribution in [2.24, 2.45) is 0 Å². The molecule has 0 atom stereocenters. The van der Waals surface area contributed by atoms with E-state index in [1.807, 2.05) is 50.8 Å². The summed E-state index contributed by atoms with van der Waals surface area (Å²) in [5.41, 5.74) is 3.90. The second-order valence-corrected chi connectivity index (χ2v) is 7.07. The largest absolute Gasteiger partial charge is 0.383 e. The molecule has 0 aliphatic carbocycles. The van der Waals surface area contributed by atoms with E-state index < -0.39 is 0 Å². The molecule has 1 aliphatic rings. The number of aryl methyl sites for hydroxylation is 2. The van der Waals surface area contributed by atoms with E-state index in [4.69, 9.17) is 9.47 Å². The first-order valence-corrected chi connectivity index (χ1v) is 9.26. The molecule has 0 saturated heterocycles. The molecule has 0 spiro atoms. The average Bonchev–Trinajstić information content (AvgIpc) is 2.88. The van der Waals surface area contributed by atoms with Crippen molar-refractivity contribution in [2.45, 2.75) is 33.7 Å². The predicted molar refractivity (Wildman–Crippen MR) is 105 cm³/mol. The van der Waals surface area contributed by atoms with Gasteiger partial charge in [0.05, 0.1) is 18.8 Å². The summed E-state index contributed by atoms with van der Waals surface area (Å²) in [7, 11) is 3.24. The Bertz CT molecular complexity index is 732. The van der Waals surface area contributed by atoms with E-state index >= 15 is 0 Å². The molecule has 0 radical (unpaired) electrons. The number of benzene rings is 1. The SMILES string of the molecule is COCCN(CCOC)C1=C(c2ccc(C)c(C)c2)C(=O)N(C(C)C)C1=O. The molecule has 0 aromatic heterocycles. The van der Waals surface area contributed by atoms with Gasteiger partial charge in [0.1, 0.15) is 5.70 Å². The van der Waals surface area contributed by atoms with Crippen molar-refractivity contribution in [1.29, 1.82) is 0 Å². The fourth-order valence-electron chi connectivity index (χ4n) is 3.19. The van der Waals surface area contributed by atoms with E-state index in [1.165, 1.54) is 4.90 Å². The zero-order chi connectivity index (χ0) is 20.1. The van der Waals surface area contributed by atoms with Gasteiger partial charge in [-0.3, -0.25) is 14.5 Å². The molecule has 0 bridgehead atoms. The second kappa shape index (κ2) is 9.15. The van der Waals surface area contributed by atoms with Crippen LogP contribution in [0.2, 0.25) is 0 Å². The summed E-state index contributed by atoms with van der Waals surface area (Å²) in [5.74, 6) is -0.497. The van der Waals surface area contributed by atoms with Crippen molar-refractivity contribution in [3.05, 3.63) is 40.6 Å². The third-order valence-corrected chi connectivity index (χ3v) is 4.85. The fourth-order valence-corrected chi connectivity index (χ4v) is 3.19. The van der Waals surface area contributed by atoms with Gasteiger partial charge in [0, 0.05) is 33.4 Å². The highest BCUT2D eigenvalue weighted by molar-refractivity contribution is 6.35. The van der Waals surface area contributed by atoms with Crippen LogP contribution in [0.3, 0.4) is 0 Å². The van der Waals surface area contributed by atoms with Gasteiger partial charge in [-0.2, -0.15) is 0 Å². The van der Waals surface area contributed by atoms with Gasteiger partial charge >= 0.3 is 0 Å². The van der Waals surface area contributed by atoms with Crippen LogP contribution in [-0.4, -0.2) is 68.2 Å². The maximum Gasteiger partial charge on any atom is 0.278 e. The predicted octanol–water partition coefficient (Wildman–Crippen LogP) is 2.39. The van der Waals surface area contributed by atoms with Crippen LogP contribution in [0.1, 0.15) is 30.5 Å². The minimum Gasteiger partial charge on any atom is -0.383 e. The summed E-state index contributed by atoms with van der Waals surface area (Å²) in [6, 6.07) is 5.66. The number of amides is 2. The molecule has 1 aromatic carbocycles. The highest BCUT2D eigenvalue weighted by atomic mass is 16.5. The second-order valence-electron chi connectivity index (χ2n) is 7.07. The van der Waals surface area contributed by atoms with E-state index in [-0.39, 0.29) is 17.9 Å². The number of methoxy groups -OCH3 is 2. The van der Waals surface area contributed by atoms with Crippen LogP contribution in [0.15, 0.2) is 23.9 Å². The van der Waals surface area contributed by atoms with E-state index in [2.05, 4.69) is 0 Å². The molecule has 0 unspecified atom stereocenters. The van der Waals surface area contributed by atoms with Crippen molar-refractivity contribution in [3.8, 4) is 0 Å². The van der Waals surface area contributed by atoms with Crippen LogP contribution in [0.25, 0.3) is 5.57 Å². The smallest absolute Gasteiger partial charge is 0.278 e. The first-order valence-electron chi connectivity index (χ1n) is 9.26. The summed E-state index contributed by atoms with van der Waals surface area (Å²) in [5, 5.41) is 0. The molecule has 0 fully saturated rings. The quantitative estimate of drug-likeness (QED) is 0.621. The summed E-state index contributed by atoms with van der Waals surface area (Å²) in [6.07, 6.45) is 0. The highest BCUT2D eigenvalue weighted by Crippen LogP contribution is 2.33. The summed E-state index contributed by atoms with van der Waals surface area (Å²) in [6.45, 7) is 9.67. The van der Waals surface area contributed by atoms with Gasteiger partial charge in [-0.15, -0.1) is 0 Å². The van der Waals surface area contributed by atoms with Gasteiger partial charge in [-0.05, 0) is 44.4 Å². The Kier molecular flexibility index (Phi) is 7.16. The number of carbonyl (C=O) groups excluding carboxylic acids is 2. The molecule has 148 valence electrons. The lowest BCUT2D eigenvalue weighted by molar-refractivity contribution is -0.139. The number of ether oxygens (including phenoxy) is 2. The molecular weight excluding hydrogens is 344 g/mol. The Morgan fingerprint density at radius 1 is 0.963 bits per heavy atom. The van der Waals surface area contributed by atoms with E-state index in [9.17, 15) is 9.59 Å². The molecule has 2 rings (SSSR count). The molecule has 1 aromatic rings. The Morgan fingerprint density at radius 2 is 1.56 bits per heavy atom. The summed E-state index contributed by atoms with van der Waals surface area (Å²) >= 11 is 0. The van der Waals surface area contributed by atoms with E-state index in [0.29, 0.717) is 37.6 Å². The zero-order valence-corrected chi connectivity index (χ0v) is 17.2. The van der Waals surface area contributed by atoms with Crippen molar-refractivity contribution in [3.63, 3.8) is 0 Å². The van der Waals surface area contributed by atoms with Crippen LogP contribution >= 0.6 is 0 Å². The van der Waals surface area contributed by atoms with Crippen LogP contribution in [0.5, 0.6) is 0 Å². The number of nitrogens with zero attached hydrogens (tertiary/aromatic N) is 2. The monoisotopic (exact) mass is 374 g/mol. The van der Waals surface area contributed by atoms with Crippen LogP contribution in [0, 0.1) is 13.8 Å². The molecule has 0 N–H and O–H groups in total. The van der Waals surface area contributed by atoms with Gasteiger partial charge < -0.3 is 14.4 Å². The van der Waals surface area contributed by atoms with Crippen molar-refractivity contribution in [2.75, 3.05) is 40.5 Å². The lowest BCUT2D eigenvalue weighted by atomic mass is 9.99. The lowest BCUT2D eigenvalue weighted by Gasteiger charge is -2.26. The number of rotatable bonds is 9. The maximum absolute atomic E-state index is 13.2. The van der Waals surface area contributed by atoms with Gasteiger partial charge in [-0.25, -0.2) is 0 Å². The fraction of sp³-hybridized carbons (Fsp3) is 0.524. The minimum atomic E-state index is -0.254. The normalized spacial score (nSPS) is 14.7. The van der Waals surface area contributed by atoms with E-state index in [0.717, 1.165) is 16.7 Å². The summed E-state index contributed by atoms with van der Waals surface area (Å²) in [4.78, 5) is 29.6. The van der Waals surface area contributed by atoms with Gasteiger partial charge in [0.25, 0.3) is 11.8 Å². The van der Waals surface area contributed by atoms with Crippen molar-refractivity contribution < 1.29 is 19.1 Å². The molecule has 1 heterocycles. The molecule has 6 heteroatoms. The number of hydrogen-bond donors (Lipinski definition) is 0. The van der Waals surface area contributed by atoms with Gasteiger partial charge in [0.2, 0.25) is 0 Å². The molecule has 1 aliphatic heterocycles. The number of hydrogen-bond acceptors (Lipinski definition) is 5. The zero-order valence-electron chi connectivity index (χ0n) is 17.2. The lowest BCUT2D eigenvalue weighted by Crippen LogP contribution is -2.40. The topological polar surface area (TPSA) is 59.1 Å². The third kappa shape index (κ3) is 4.39. The first kappa shape index (κ1) is 21.1. The Labute approximate surface area is 161 Å². The molecule has 27 heavy (non-hydrogen) atoms. The van der Waals surface area contributed by atoms with Gasteiger partial charge in [0.15, 0.2) is 0 Å². The van der Waals surface area contributed by atoms with Gasteiger partial charge in [-0.1, -0.05) is 18.2 Å². The van der Waals surface area contributed by atoms with Crippen LogP contribution in [-0.2, 0) is 19.1 Å². The molecule has 2 amide bonds. The van der Waals surface area contributed by atoms with Crippen LogP contribution in [0.4, 0.5) is 0 Å². The summed E-state index contributed by atoms with van der Waals surface area (Å²) < 4.78 is 10.4. The molecule has 0 saturated carbocycles. The first-order chi connectivity index (χ1) is 12.8. The Balaban J connectivity index is 2.60. The standard InChI is InChI=1S/C21H30N2O4/c1-14(2)23-20(24)18(17-8-7-15(3)16(4)13-17)19(21(23)25)22(9-11-26-5)10-12-27-6/h7-8,13-14H,9-12H2,1-6H3. The van der Waals surface area contributed by atoms with E-state index in [1.54, 1.807) is 14.2 Å². The third-order valence-electron chi connectivity index (χ3n) is 4.85. The highest BCUT2D eigenvalue weighted by Gasteiger charge is 2.42.